The lowest BCUT2D eigenvalue weighted by atomic mass is 10.2. The number of carbonyl (C=O) groups excluding carboxylic acids is 1. The molecule has 25 heavy (non-hydrogen) atoms. The van der Waals surface area contributed by atoms with Crippen LogP contribution in [0.5, 0.6) is 11.5 Å². The van der Waals surface area contributed by atoms with E-state index in [1.54, 1.807) is 24.3 Å². The van der Waals surface area contributed by atoms with Gasteiger partial charge in [0, 0.05) is 0 Å². The van der Waals surface area contributed by atoms with Crippen LogP contribution >= 0.6 is 34.5 Å². The van der Waals surface area contributed by atoms with E-state index in [2.05, 4.69) is 15.8 Å². The highest BCUT2D eigenvalue weighted by Crippen LogP contribution is 2.35. The van der Waals surface area contributed by atoms with Crippen LogP contribution in [0.1, 0.15) is 10.4 Å². The van der Waals surface area contributed by atoms with Crippen molar-refractivity contribution in [2.45, 2.75) is 0 Å². The standard InChI is InChI=1S/C16H13Cl2N3O3S/c1-23-10-5-3-4-8(14(10)24-2)15(22)20-21-16-19-13-11(25-16)7-6-9(17)12(13)18/h3-7H,1-2H3,(H,19,21)(H,20,22). The Labute approximate surface area is 157 Å². The molecule has 1 heterocycles. The number of hydrazine groups is 1. The molecule has 0 bridgehead atoms. The van der Waals surface area contributed by atoms with Crippen LogP contribution in [0.2, 0.25) is 10.0 Å². The predicted octanol–water partition coefficient (Wildman–Crippen LogP) is 4.38. The Morgan fingerprint density at radius 2 is 1.96 bits per heavy atom. The number of fused-ring (bicyclic) bond motifs is 1. The minimum atomic E-state index is -0.390. The lowest BCUT2D eigenvalue weighted by molar-refractivity contribution is 0.0959. The summed E-state index contributed by atoms with van der Waals surface area (Å²) in [6, 6.07) is 8.57. The average molecular weight is 398 g/mol. The number of methoxy groups -OCH3 is 2. The Bertz CT molecular complexity index is 946. The second kappa shape index (κ2) is 7.35. The van der Waals surface area contributed by atoms with E-state index in [1.807, 2.05) is 6.07 Å². The Hall–Kier alpha value is -2.22. The molecule has 0 atom stereocenters. The zero-order valence-corrected chi connectivity index (χ0v) is 15.6. The summed E-state index contributed by atoms with van der Waals surface area (Å²) in [5.74, 6) is 0.430. The molecule has 130 valence electrons. The molecule has 6 nitrogen and oxygen atoms in total. The summed E-state index contributed by atoms with van der Waals surface area (Å²) in [7, 11) is 2.98. The number of hydrogen-bond donors (Lipinski definition) is 2. The minimum Gasteiger partial charge on any atom is -0.493 e. The first-order valence-corrected chi connectivity index (χ1v) is 8.64. The highest BCUT2D eigenvalue weighted by atomic mass is 35.5. The number of carbonyl (C=O) groups is 1. The molecule has 0 saturated heterocycles. The van der Waals surface area contributed by atoms with E-state index in [4.69, 9.17) is 32.7 Å². The molecule has 0 aliphatic heterocycles. The van der Waals surface area contributed by atoms with Gasteiger partial charge in [-0.05, 0) is 24.3 Å². The topological polar surface area (TPSA) is 72.5 Å². The third-order valence-corrected chi connectivity index (χ3v) is 5.11. The van der Waals surface area contributed by atoms with Crippen molar-refractivity contribution in [2.75, 3.05) is 19.6 Å². The maximum atomic E-state index is 12.4. The van der Waals surface area contributed by atoms with Crippen LogP contribution in [0.25, 0.3) is 10.2 Å². The number of benzene rings is 2. The number of thiazole rings is 1. The minimum absolute atomic E-state index is 0.330. The molecule has 0 aliphatic carbocycles. The summed E-state index contributed by atoms with van der Waals surface area (Å²) in [4.78, 5) is 16.8. The van der Waals surface area contributed by atoms with Crippen molar-refractivity contribution in [3.8, 4) is 11.5 Å². The molecule has 0 radical (unpaired) electrons. The molecular weight excluding hydrogens is 385 g/mol. The van der Waals surface area contributed by atoms with E-state index in [0.29, 0.717) is 37.8 Å². The molecule has 0 fully saturated rings. The van der Waals surface area contributed by atoms with Gasteiger partial charge in [0.05, 0.1) is 34.5 Å². The smallest absolute Gasteiger partial charge is 0.273 e. The number of nitrogens with zero attached hydrogens (tertiary/aromatic N) is 1. The zero-order chi connectivity index (χ0) is 18.0. The van der Waals surface area contributed by atoms with Crippen LogP contribution < -0.4 is 20.3 Å². The first-order chi connectivity index (χ1) is 12.0. The van der Waals surface area contributed by atoms with E-state index in [0.717, 1.165) is 4.70 Å². The summed E-state index contributed by atoms with van der Waals surface area (Å²) >= 11 is 13.5. The van der Waals surface area contributed by atoms with Crippen LogP contribution in [0.4, 0.5) is 5.13 Å². The molecule has 0 aliphatic rings. The number of amides is 1. The van der Waals surface area contributed by atoms with Gasteiger partial charge in [0.1, 0.15) is 5.52 Å². The number of nitrogens with one attached hydrogen (secondary N) is 2. The molecule has 3 aromatic rings. The fraction of sp³-hybridized carbons (Fsp3) is 0.125. The third kappa shape index (κ3) is 3.44. The van der Waals surface area contributed by atoms with Crippen LogP contribution in [0.3, 0.4) is 0 Å². The molecule has 2 N–H and O–H groups in total. The first kappa shape index (κ1) is 17.6. The van der Waals surface area contributed by atoms with Crippen molar-refractivity contribution in [1.29, 1.82) is 0 Å². The van der Waals surface area contributed by atoms with Gasteiger partial charge in [0.25, 0.3) is 5.91 Å². The van der Waals surface area contributed by atoms with Crippen molar-refractivity contribution in [3.63, 3.8) is 0 Å². The van der Waals surface area contributed by atoms with Gasteiger partial charge in [-0.25, -0.2) is 4.98 Å². The molecule has 9 heteroatoms. The molecule has 1 aromatic heterocycles. The number of ether oxygens (including phenoxy) is 2. The Morgan fingerprint density at radius 3 is 2.68 bits per heavy atom. The Balaban J connectivity index is 1.80. The van der Waals surface area contributed by atoms with E-state index >= 15 is 0 Å². The normalized spacial score (nSPS) is 10.6. The SMILES string of the molecule is COc1cccc(C(=O)NNc2nc3c(Cl)c(Cl)ccc3s2)c1OC. The molecule has 0 spiro atoms. The van der Waals surface area contributed by atoms with E-state index in [1.165, 1.54) is 25.6 Å². The van der Waals surface area contributed by atoms with E-state index < -0.39 is 0 Å². The fourth-order valence-electron chi connectivity index (χ4n) is 2.23. The van der Waals surface area contributed by atoms with Crippen molar-refractivity contribution in [1.82, 2.24) is 10.4 Å². The first-order valence-electron chi connectivity index (χ1n) is 7.07. The highest BCUT2D eigenvalue weighted by molar-refractivity contribution is 7.22. The molecule has 0 saturated carbocycles. The summed E-state index contributed by atoms with van der Waals surface area (Å²) in [5.41, 5.74) is 6.27. The zero-order valence-electron chi connectivity index (χ0n) is 13.2. The number of halogens is 2. The van der Waals surface area contributed by atoms with Crippen molar-refractivity contribution in [2.24, 2.45) is 0 Å². The number of anilines is 1. The highest BCUT2D eigenvalue weighted by Gasteiger charge is 2.17. The summed E-state index contributed by atoms with van der Waals surface area (Å²) in [5, 5.41) is 1.29. The van der Waals surface area contributed by atoms with Gasteiger partial charge in [0.15, 0.2) is 11.5 Å². The van der Waals surface area contributed by atoms with Gasteiger partial charge in [-0.1, -0.05) is 40.6 Å². The van der Waals surface area contributed by atoms with E-state index in [9.17, 15) is 4.79 Å². The maximum Gasteiger partial charge on any atom is 0.273 e. The van der Waals surface area contributed by atoms with Crippen molar-refractivity contribution in [3.05, 3.63) is 45.9 Å². The van der Waals surface area contributed by atoms with Gasteiger partial charge < -0.3 is 9.47 Å². The Morgan fingerprint density at radius 1 is 1.16 bits per heavy atom. The quantitative estimate of drug-likeness (QED) is 0.625. The van der Waals surface area contributed by atoms with Gasteiger partial charge in [-0.3, -0.25) is 15.6 Å². The molecule has 1 amide bonds. The van der Waals surface area contributed by atoms with Crippen molar-refractivity contribution < 1.29 is 14.3 Å². The lowest BCUT2D eigenvalue weighted by Crippen LogP contribution is -2.29. The lowest BCUT2D eigenvalue weighted by Gasteiger charge is -2.12. The van der Waals surface area contributed by atoms with Crippen LogP contribution in [0, 0.1) is 0 Å². The second-order valence-corrected chi connectivity index (χ2v) is 6.66. The van der Waals surface area contributed by atoms with Gasteiger partial charge >= 0.3 is 0 Å². The van der Waals surface area contributed by atoms with Crippen molar-refractivity contribution >= 4 is 55.8 Å². The summed E-state index contributed by atoms with van der Waals surface area (Å²) in [6.07, 6.45) is 0. The number of aromatic nitrogens is 1. The van der Waals surface area contributed by atoms with Crippen LogP contribution in [0.15, 0.2) is 30.3 Å². The third-order valence-electron chi connectivity index (χ3n) is 3.38. The number of para-hydroxylation sites is 1. The monoisotopic (exact) mass is 397 g/mol. The maximum absolute atomic E-state index is 12.4. The van der Waals surface area contributed by atoms with E-state index in [-0.39, 0.29) is 5.91 Å². The summed E-state index contributed by atoms with van der Waals surface area (Å²) < 4.78 is 11.3. The predicted molar refractivity (Wildman–Crippen MR) is 100 cm³/mol. The van der Waals surface area contributed by atoms with Gasteiger partial charge in [-0.2, -0.15) is 0 Å². The molecule has 2 aromatic carbocycles. The molecule has 3 rings (SSSR count). The second-order valence-electron chi connectivity index (χ2n) is 4.85. The molecular formula is C16H13Cl2N3O3S. The van der Waals surface area contributed by atoms with Crippen LogP contribution in [-0.2, 0) is 0 Å². The molecule has 0 unspecified atom stereocenters. The van der Waals surface area contributed by atoms with Gasteiger partial charge in [-0.15, -0.1) is 0 Å². The number of rotatable bonds is 5. The fourth-order valence-corrected chi connectivity index (χ4v) is 3.48. The average Bonchev–Trinajstić information content (AvgIpc) is 3.06. The summed E-state index contributed by atoms with van der Waals surface area (Å²) in [6.45, 7) is 0. The van der Waals surface area contributed by atoms with Gasteiger partial charge in [0.2, 0.25) is 5.13 Å². The van der Waals surface area contributed by atoms with Crippen LogP contribution in [-0.4, -0.2) is 25.1 Å². The largest absolute Gasteiger partial charge is 0.493 e. The Kier molecular flexibility index (Phi) is 5.17. The number of hydrogen-bond acceptors (Lipinski definition) is 6.